The molecule has 0 spiro atoms. The Balaban J connectivity index is 1.37. The van der Waals surface area contributed by atoms with Crippen LogP contribution in [-0.2, 0) is 0 Å². The molecule has 0 aromatic heterocycles. The minimum Gasteiger partial charge on any atom is -0.490 e. The van der Waals surface area contributed by atoms with Gasteiger partial charge in [0.05, 0.1) is 6.61 Å². The summed E-state index contributed by atoms with van der Waals surface area (Å²) in [5, 5.41) is 0. The van der Waals surface area contributed by atoms with Gasteiger partial charge in [-0.1, -0.05) is 60.2 Å². The first kappa shape index (κ1) is 26.7. The molecule has 0 amide bonds. The fraction of sp³-hybridized carbons (Fsp3) is 0.312. The Labute approximate surface area is 216 Å². The third-order valence-electron chi connectivity index (χ3n) is 7.12. The van der Waals surface area contributed by atoms with Crippen molar-refractivity contribution < 1.29 is 22.3 Å². The summed E-state index contributed by atoms with van der Waals surface area (Å²) in [6.07, 6.45) is 9.58. The van der Waals surface area contributed by atoms with E-state index in [1.807, 2.05) is 25.1 Å². The maximum absolute atomic E-state index is 15.0. The fourth-order valence-corrected chi connectivity index (χ4v) is 4.89. The van der Waals surface area contributed by atoms with Crippen LogP contribution in [0.4, 0.5) is 17.6 Å². The summed E-state index contributed by atoms with van der Waals surface area (Å²) in [6.45, 7) is 5.86. The lowest BCUT2D eigenvalue weighted by molar-refractivity contribution is 0.291. The van der Waals surface area contributed by atoms with Crippen LogP contribution in [0.25, 0.3) is 17.2 Å². The van der Waals surface area contributed by atoms with Gasteiger partial charge in [-0.2, -0.15) is 4.39 Å². The number of halogens is 4. The van der Waals surface area contributed by atoms with Crippen LogP contribution in [0.5, 0.6) is 5.75 Å². The van der Waals surface area contributed by atoms with Crippen LogP contribution in [0, 0.1) is 36.1 Å². The molecular formula is C32H32F4O. The molecule has 0 saturated heterocycles. The van der Waals surface area contributed by atoms with Crippen molar-refractivity contribution >= 4 is 6.08 Å². The number of unbranched alkanes of at least 4 members (excludes halogenated alkanes) is 1. The summed E-state index contributed by atoms with van der Waals surface area (Å²) in [4.78, 5) is 0. The van der Waals surface area contributed by atoms with Crippen molar-refractivity contribution in [2.45, 2.75) is 51.4 Å². The SMILES string of the molecule is C=CCCCOc1ccc(/C=C/C2CCC(c3ccc(-c4ccc(C)cc4)c(F)c3F)CC2)c(F)c1F. The second kappa shape index (κ2) is 12.3. The number of hydrogen-bond donors (Lipinski definition) is 0. The number of allylic oxidation sites excluding steroid dienone is 2. The minimum absolute atomic E-state index is 0.0714. The number of aryl methyl sites for hydroxylation is 1. The average Bonchev–Trinajstić information content (AvgIpc) is 2.91. The van der Waals surface area contributed by atoms with Crippen LogP contribution in [0.3, 0.4) is 0 Å². The van der Waals surface area contributed by atoms with Gasteiger partial charge < -0.3 is 4.74 Å². The van der Waals surface area contributed by atoms with E-state index in [1.54, 1.807) is 36.4 Å². The lowest BCUT2D eigenvalue weighted by Crippen LogP contribution is -2.13. The first-order valence-electron chi connectivity index (χ1n) is 12.8. The second-order valence-electron chi connectivity index (χ2n) is 9.73. The normalized spacial score (nSPS) is 17.8. The molecule has 1 aliphatic rings. The molecule has 0 unspecified atom stereocenters. The van der Waals surface area contributed by atoms with Gasteiger partial charge in [-0.25, -0.2) is 13.2 Å². The van der Waals surface area contributed by atoms with Gasteiger partial charge in [-0.3, -0.25) is 0 Å². The molecule has 1 saturated carbocycles. The molecule has 3 aromatic carbocycles. The van der Waals surface area contributed by atoms with E-state index in [2.05, 4.69) is 6.58 Å². The quantitative estimate of drug-likeness (QED) is 0.159. The highest BCUT2D eigenvalue weighted by molar-refractivity contribution is 5.65. The highest BCUT2D eigenvalue weighted by atomic mass is 19.2. The highest BCUT2D eigenvalue weighted by Crippen LogP contribution is 2.39. The maximum atomic E-state index is 15.0. The van der Waals surface area contributed by atoms with Crippen LogP contribution in [0.1, 0.15) is 61.1 Å². The van der Waals surface area contributed by atoms with Crippen molar-refractivity contribution in [3.8, 4) is 16.9 Å². The molecule has 37 heavy (non-hydrogen) atoms. The van der Waals surface area contributed by atoms with Crippen molar-refractivity contribution in [1.29, 1.82) is 0 Å². The predicted molar refractivity (Wildman–Crippen MR) is 142 cm³/mol. The molecule has 4 rings (SSSR count). The third kappa shape index (κ3) is 6.33. The third-order valence-corrected chi connectivity index (χ3v) is 7.12. The summed E-state index contributed by atoms with van der Waals surface area (Å²) in [5.41, 5.74) is 2.55. The van der Waals surface area contributed by atoms with Gasteiger partial charge in [0, 0.05) is 11.1 Å². The van der Waals surface area contributed by atoms with Crippen LogP contribution >= 0.6 is 0 Å². The first-order chi connectivity index (χ1) is 17.9. The standard InChI is InChI=1S/C32H32F4O/c1-3-4-5-20-37-28-19-16-25(29(33)32(28)36)15-10-22-8-13-24(14-9-22)27-18-17-26(30(34)31(27)35)23-11-6-21(2)7-12-23/h3,6-7,10-12,15-19,22,24H,1,4-5,8-9,13-14,20H2,2H3/b15-10+. The van der Waals surface area contributed by atoms with Gasteiger partial charge in [0.1, 0.15) is 0 Å². The van der Waals surface area contributed by atoms with Gasteiger partial charge >= 0.3 is 0 Å². The van der Waals surface area contributed by atoms with E-state index in [0.717, 1.165) is 24.8 Å². The minimum atomic E-state index is -0.990. The Morgan fingerprint density at radius 3 is 2.27 bits per heavy atom. The average molecular weight is 509 g/mol. The molecule has 0 bridgehead atoms. The zero-order valence-electron chi connectivity index (χ0n) is 21.1. The molecule has 1 fully saturated rings. The molecule has 0 atom stereocenters. The summed E-state index contributed by atoms with van der Waals surface area (Å²) in [7, 11) is 0. The molecule has 1 nitrogen and oxygen atoms in total. The predicted octanol–water partition coefficient (Wildman–Crippen LogP) is 9.55. The van der Waals surface area contributed by atoms with E-state index in [9.17, 15) is 13.2 Å². The molecular weight excluding hydrogens is 476 g/mol. The second-order valence-corrected chi connectivity index (χ2v) is 9.73. The van der Waals surface area contributed by atoms with Crippen LogP contribution < -0.4 is 4.74 Å². The summed E-state index contributed by atoms with van der Waals surface area (Å²) >= 11 is 0. The Kier molecular flexibility index (Phi) is 8.86. The van der Waals surface area contributed by atoms with E-state index < -0.39 is 23.3 Å². The summed E-state index contributed by atoms with van der Waals surface area (Å²) in [6, 6.07) is 13.7. The topological polar surface area (TPSA) is 9.23 Å². The van der Waals surface area contributed by atoms with Crippen molar-refractivity contribution in [1.82, 2.24) is 0 Å². The molecule has 1 aliphatic carbocycles. The van der Waals surface area contributed by atoms with Crippen LogP contribution in [-0.4, -0.2) is 6.61 Å². The van der Waals surface area contributed by atoms with E-state index in [1.165, 1.54) is 12.1 Å². The Hall–Kier alpha value is -3.34. The molecule has 5 heteroatoms. The van der Waals surface area contributed by atoms with Crippen LogP contribution in [0.2, 0.25) is 0 Å². The number of ether oxygens (including phenoxy) is 1. The van der Waals surface area contributed by atoms with Gasteiger partial charge in [0.25, 0.3) is 0 Å². The van der Waals surface area contributed by atoms with E-state index in [4.69, 9.17) is 4.74 Å². The van der Waals surface area contributed by atoms with E-state index >= 15 is 4.39 Å². The zero-order valence-corrected chi connectivity index (χ0v) is 21.1. The Morgan fingerprint density at radius 1 is 0.838 bits per heavy atom. The van der Waals surface area contributed by atoms with Gasteiger partial charge in [0.2, 0.25) is 5.82 Å². The fourth-order valence-electron chi connectivity index (χ4n) is 4.89. The smallest absolute Gasteiger partial charge is 0.201 e. The summed E-state index contributed by atoms with van der Waals surface area (Å²) in [5.74, 6) is -3.52. The number of hydrogen-bond acceptors (Lipinski definition) is 1. The van der Waals surface area contributed by atoms with E-state index in [-0.39, 0.29) is 28.7 Å². The van der Waals surface area contributed by atoms with Crippen molar-refractivity contribution in [3.05, 3.63) is 107 Å². The molecule has 0 heterocycles. The molecule has 0 N–H and O–H groups in total. The van der Waals surface area contributed by atoms with Crippen molar-refractivity contribution in [3.63, 3.8) is 0 Å². The monoisotopic (exact) mass is 508 g/mol. The molecule has 194 valence electrons. The highest BCUT2D eigenvalue weighted by Gasteiger charge is 2.26. The Morgan fingerprint density at radius 2 is 1.57 bits per heavy atom. The molecule has 0 aliphatic heterocycles. The molecule has 3 aromatic rings. The number of benzene rings is 3. The summed E-state index contributed by atoms with van der Waals surface area (Å²) < 4.78 is 64.2. The lowest BCUT2D eigenvalue weighted by Gasteiger charge is -2.27. The van der Waals surface area contributed by atoms with Crippen molar-refractivity contribution in [2.75, 3.05) is 6.61 Å². The number of rotatable bonds is 9. The lowest BCUT2D eigenvalue weighted by atomic mass is 9.78. The van der Waals surface area contributed by atoms with E-state index in [0.29, 0.717) is 37.0 Å². The van der Waals surface area contributed by atoms with Crippen LogP contribution in [0.15, 0.2) is 67.3 Å². The molecule has 0 radical (unpaired) electrons. The van der Waals surface area contributed by atoms with Gasteiger partial charge in [0.15, 0.2) is 23.2 Å². The van der Waals surface area contributed by atoms with Crippen molar-refractivity contribution in [2.24, 2.45) is 5.92 Å². The van der Waals surface area contributed by atoms with Gasteiger partial charge in [-0.15, -0.1) is 6.58 Å². The Bertz CT molecular complexity index is 1250. The van der Waals surface area contributed by atoms with Gasteiger partial charge in [-0.05, 0) is 80.5 Å². The first-order valence-corrected chi connectivity index (χ1v) is 12.8. The zero-order chi connectivity index (χ0) is 26.4. The largest absolute Gasteiger partial charge is 0.490 e. The maximum Gasteiger partial charge on any atom is 0.201 e.